The van der Waals surface area contributed by atoms with Crippen LogP contribution in [0, 0.1) is 18.3 Å². The Bertz CT molecular complexity index is 501. The Morgan fingerprint density at radius 1 is 1.35 bits per heavy atom. The van der Waals surface area contributed by atoms with Gasteiger partial charge in [-0.25, -0.2) is 0 Å². The van der Waals surface area contributed by atoms with Gasteiger partial charge in [0, 0.05) is 6.20 Å². The summed E-state index contributed by atoms with van der Waals surface area (Å²) in [6, 6.07) is 1.65. The van der Waals surface area contributed by atoms with Gasteiger partial charge in [0.2, 0.25) is 0 Å². The molecular formula is C15H19F3N2. The van der Waals surface area contributed by atoms with E-state index in [0.717, 1.165) is 31.2 Å². The number of nitrogens with zero attached hydrogens (tertiary/aromatic N) is 2. The van der Waals surface area contributed by atoms with Crippen molar-refractivity contribution in [2.45, 2.75) is 58.5 Å². The summed E-state index contributed by atoms with van der Waals surface area (Å²) in [7, 11) is 0. The van der Waals surface area contributed by atoms with Crippen molar-refractivity contribution in [3.63, 3.8) is 0 Å². The zero-order valence-corrected chi connectivity index (χ0v) is 12.0. The van der Waals surface area contributed by atoms with E-state index in [-0.39, 0.29) is 11.5 Å². The minimum atomic E-state index is -4.58. The highest BCUT2D eigenvalue weighted by molar-refractivity contribution is 5.46. The van der Waals surface area contributed by atoms with Crippen molar-refractivity contribution < 1.29 is 13.2 Å². The summed E-state index contributed by atoms with van der Waals surface area (Å²) < 4.78 is 38.3. The van der Waals surface area contributed by atoms with Gasteiger partial charge in [-0.1, -0.05) is 33.1 Å². The first-order chi connectivity index (χ1) is 9.32. The molecule has 0 aliphatic rings. The summed E-state index contributed by atoms with van der Waals surface area (Å²) in [5.41, 5.74) is -0.288. The maximum atomic E-state index is 12.8. The minimum Gasteiger partial charge on any atom is -0.250 e. The molecule has 1 aromatic rings. The van der Waals surface area contributed by atoms with E-state index in [9.17, 15) is 13.2 Å². The molecule has 0 saturated heterocycles. The second-order valence-electron chi connectivity index (χ2n) is 5.07. The molecule has 1 unspecified atom stereocenters. The SMILES string of the molecule is CCCCCC(C)c1cnc(C(F)(F)F)c(C#N)c1C. The number of alkyl halides is 3. The molecule has 0 fully saturated rings. The zero-order chi connectivity index (χ0) is 15.3. The molecule has 1 rings (SSSR count). The molecule has 0 aliphatic carbocycles. The van der Waals surface area contributed by atoms with Gasteiger partial charge in [-0.3, -0.25) is 4.98 Å². The fourth-order valence-corrected chi connectivity index (χ4v) is 2.32. The minimum absolute atomic E-state index is 0.114. The standard InChI is InChI=1S/C15H19F3N2/c1-4-5-6-7-10(2)13-9-20-14(15(16,17)18)12(8-19)11(13)3/h9-10H,4-7H2,1-3H3. The Labute approximate surface area is 117 Å². The van der Waals surface area contributed by atoms with Gasteiger partial charge in [0.25, 0.3) is 0 Å². The van der Waals surface area contributed by atoms with E-state index in [1.807, 2.05) is 6.92 Å². The topological polar surface area (TPSA) is 36.7 Å². The monoisotopic (exact) mass is 284 g/mol. The molecule has 0 bridgehead atoms. The summed E-state index contributed by atoms with van der Waals surface area (Å²) in [5.74, 6) is 0.114. The van der Waals surface area contributed by atoms with Crippen LogP contribution in [-0.4, -0.2) is 4.98 Å². The predicted octanol–water partition coefficient (Wildman–Crippen LogP) is 4.96. The van der Waals surface area contributed by atoms with Crippen LogP contribution < -0.4 is 0 Å². The van der Waals surface area contributed by atoms with Crippen LogP contribution in [0.25, 0.3) is 0 Å². The van der Waals surface area contributed by atoms with Gasteiger partial charge >= 0.3 is 6.18 Å². The lowest BCUT2D eigenvalue weighted by Crippen LogP contribution is -2.14. The number of unbranched alkanes of at least 4 members (excludes halogenated alkanes) is 2. The van der Waals surface area contributed by atoms with E-state index in [4.69, 9.17) is 5.26 Å². The highest BCUT2D eigenvalue weighted by Crippen LogP contribution is 2.34. The van der Waals surface area contributed by atoms with Crippen molar-refractivity contribution in [2.24, 2.45) is 0 Å². The number of nitriles is 1. The van der Waals surface area contributed by atoms with Crippen LogP contribution >= 0.6 is 0 Å². The zero-order valence-electron chi connectivity index (χ0n) is 12.0. The molecule has 0 amide bonds. The Balaban J connectivity index is 3.10. The largest absolute Gasteiger partial charge is 0.434 e. The van der Waals surface area contributed by atoms with Gasteiger partial charge in [0.1, 0.15) is 6.07 Å². The molecule has 2 nitrogen and oxygen atoms in total. The molecule has 0 aromatic carbocycles. The molecule has 5 heteroatoms. The summed E-state index contributed by atoms with van der Waals surface area (Å²) in [4.78, 5) is 3.48. The summed E-state index contributed by atoms with van der Waals surface area (Å²) in [5, 5.41) is 8.99. The maximum Gasteiger partial charge on any atom is 0.434 e. The normalized spacial score (nSPS) is 13.1. The van der Waals surface area contributed by atoms with E-state index in [2.05, 4.69) is 11.9 Å². The molecule has 1 atom stereocenters. The molecule has 0 N–H and O–H groups in total. The van der Waals surface area contributed by atoms with Crippen molar-refractivity contribution in [2.75, 3.05) is 0 Å². The Kier molecular flexibility index (Phi) is 5.55. The van der Waals surface area contributed by atoms with Crippen LogP contribution in [0.4, 0.5) is 13.2 Å². The molecule has 0 spiro atoms. The lowest BCUT2D eigenvalue weighted by atomic mass is 9.90. The Morgan fingerprint density at radius 3 is 2.50 bits per heavy atom. The van der Waals surface area contributed by atoms with E-state index < -0.39 is 11.9 Å². The van der Waals surface area contributed by atoms with Crippen LogP contribution in [0.5, 0.6) is 0 Å². The van der Waals surface area contributed by atoms with Crippen molar-refractivity contribution in [3.05, 3.63) is 28.6 Å². The van der Waals surface area contributed by atoms with Crippen molar-refractivity contribution >= 4 is 0 Å². The summed E-state index contributed by atoms with van der Waals surface area (Å²) in [6.07, 6.45) is 0.811. The molecule has 110 valence electrons. The smallest absolute Gasteiger partial charge is 0.250 e. The van der Waals surface area contributed by atoms with Gasteiger partial charge < -0.3 is 0 Å². The molecule has 20 heavy (non-hydrogen) atoms. The Hall–Kier alpha value is -1.57. The van der Waals surface area contributed by atoms with Gasteiger partial charge in [0.05, 0.1) is 5.56 Å². The van der Waals surface area contributed by atoms with E-state index >= 15 is 0 Å². The van der Waals surface area contributed by atoms with Crippen molar-refractivity contribution in [3.8, 4) is 6.07 Å². The van der Waals surface area contributed by atoms with Crippen LogP contribution in [-0.2, 0) is 6.18 Å². The quantitative estimate of drug-likeness (QED) is 0.716. The predicted molar refractivity (Wildman–Crippen MR) is 71.2 cm³/mol. The third-order valence-corrected chi connectivity index (χ3v) is 3.53. The fourth-order valence-electron chi connectivity index (χ4n) is 2.32. The van der Waals surface area contributed by atoms with Gasteiger partial charge in [0.15, 0.2) is 5.69 Å². The highest BCUT2D eigenvalue weighted by Gasteiger charge is 2.36. The number of hydrogen-bond acceptors (Lipinski definition) is 2. The van der Waals surface area contributed by atoms with E-state index in [1.165, 1.54) is 6.20 Å². The number of aromatic nitrogens is 1. The van der Waals surface area contributed by atoms with Crippen LogP contribution in [0.3, 0.4) is 0 Å². The third kappa shape index (κ3) is 3.72. The fraction of sp³-hybridized carbons (Fsp3) is 0.600. The van der Waals surface area contributed by atoms with Crippen LogP contribution in [0.2, 0.25) is 0 Å². The lowest BCUT2D eigenvalue weighted by molar-refractivity contribution is -0.141. The van der Waals surface area contributed by atoms with Crippen molar-refractivity contribution in [1.29, 1.82) is 5.26 Å². The van der Waals surface area contributed by atoms with Crippen LogP contribution in [0.15, 0.2) is 6.20 Å². The molecular weight excluding hydrogens is 265 g/mol. The maximum absolute atomic E-state index is 12.8. The van der Waals surface area contributed by atoms with Gasteiger partial charge in [-0.2, -0.15) is 18.4 Å². The molecule has 0 saturated carbocycles. The van der Waals surface area contributed by atoms with Crippen LogP contribution in [0.1, 0.15) is 67.8 Å². The van der Waals surface area contributed by atoms with Gasteiger partial charge in [-0.05, 0) is 30.4 Å². The summed E-state index contributed by atoms with van der Waals surface area (Å²) >= 11 is 0. The van der Waals surface area contributed by atoms with E-state index in [0.29, 0.717) is 5.56 Å². The highest BCUT2D eigenvalue weighted by atomic mass is 19.4. The van der Waals surface area contributed by atoms with E-state index in [1.54, 1.807) is 13.0 Å². The molecule has 1 aromatic heterocycles. The van der Waals surface area contributed by atoms with Crippen molar-refractivity contribution in [1.82, 2.24) is 4.98 Å². The average Bonchev–Trinajstić information content (AvgIpc) is 2.37. The van der Waals surface area contributed by atoms with Gasteiger partial charge in [-0.15, -0.1) is 0 Å². The lowest BCUT2D eigenvalue weighted by Gasteiger charge is -2.17. The first-order valence-corrected chi connectivity index (χ1v) is 6.79. The first kappa shape index (κ1) is 16.5. The number of rotatable bonds is 5. The second-order valence-corrected chi connectivity index (χ2v) is 5.07. The average molecular weight is 284 g/mol. The summed E-state index contributed by atoms with van der Waals surface area (Å²) in [6.45, 7) is 5.64. The molecule has 0 aliphatic heterocycles. The molecule has 1 heterocycles. The number of pyridine rings is 1. The first-order valence-electron chi connectivity index (χ1n) is 6.79. The second kappa shape index (κ2) is 6.74. The number of halogens is 3. The third-order valence-electron chi connectivity index (χ3n) is 3.53. The molecule has 0 radical (unpaired) electrons. The Morgan fingerprint density at radius 2 is 2.00 bits per heavy atom. The number of hydrogen-bond donors (Lipinski definition) is 0.